The van der Waals surface area contributed by atoms with Crippen molar-refractivity contribution in [2.24, 2.45) is 0 Å². The molecule has 2 rings (SSSR count). The van der Waals surface area contributed by atoms with Gasteiger partial charge in [0, 0.05) is 11.3 Å². The SMILES string of the molecule is CCCCCCCCCCCCOC(=O)C(C)OC(=O)c1cccc(NC(=O)C(Cl)C(=O)c2ccccc2)c1. The lowest BCUT2D eigenvalue weighted by molar-refractivity contribution is -0.153. The van der Waals surface area contributed by atoms with Crippen LogP contribution >= 0.6 is 11.6 Å². The highest BCUT2D eigenvalue weighted by Gasteiger charge is 2.26. The Kier molecular flexibility index (Phi) is 14.9. The Bertz CT molecular complexity index is 1060. The van der Waals surface area contributed by atoms with Crippen LogP contribution in [0.2, 0.25) is 0 Å². The number of hydrogen-bond donors (Lipinski definition) is 1. The highest BCUT2D eigenvalue weighted by atomic mass is 35.5. The van der Waals surface area contributed by atoms with Crippen LogP contribution in [0.4, 0.5) is 5.69 Å². The van der Waals surface area contributed by atoms with Crippen LogP contribution < -0.4 is 5.32 Å². The van der Waals surface area contributed by atoms with E-state index < -0.39 is 35.1 Å². The number of amides is 1. The molecule has 1 amide bonds. The number of Topliss-reactive ketones (excluding diaryl/α,β-unsaturated/α-hetero) is 1. The summed E-state index contributed by atoms with van der Waals surface area (Å²) < 4.78 is 10.5. The number of halogens is 1. The maximum atomic E-state index is 12.6. The van der Waals surface area contributed by atoms with E-state index in [-0.39, 0.29) is 11.3 Å². The second-order valence-corrected chi connectivity index (χ2v) is 10.00. The van der Waals surface area contributed by atoms with Crippen LogP contribution in [0.1, 0.15) is 98.8 Å². The molecule has 2 aromatic rings. The predicted octanol–water partition coefficient (Wildman–Crippen LogP) is 7.12. The number of ketones is 1. The molecule has 0 bridgehead atoms. The van der Waals surface area contributed by atoms with E-state index in [2.05, 4.69) is 12.2 Å². The first-order chi connectivity index (χ1) is 18.8. The van der Waals surface area contributed by atoms with Crippen molar-refractivity contribution in [3.05, 3.63) is 65.7 Å². The van der Waals surface area contributed by atoms with Crippen molar-refractivity contribution in [3.63, 3.8) is 0 Å². The fraction of sp³-hybridized carbons (Fsp3) is 0.484. The van der Waals surface area contributed by atoms with Crippen molar-refractivity contribution < 1.29 is 28.7 Å². The van der Waals surface area contributed by atoms with E-state index in [4.69, 9.17) is 21.1 Å². The van der Waals surface area contributed by atoms with Crippen molar-refractivity contribution >= 4 is 40.9 Å². The van der Waals surface area contributed by atoms with E-state index in [1.54, 1.807) is 42.5 Å². The Morgan fingerprint density at radius 2 is 1.38 bits per heavy atom. The molecular weight excluding hydrogens is 518 g/mol. The molecule has 0 spiro atoms. The number of carbonyl (C=O) groups excluding carboxylic acids is 4. The van der Waals surface area contributed by atoms with Gasteiger partial charge in [-0.1, -0.05) is 101 Å². The number of carbonyl (C=O) groups is 4. The minimum absolute atomic E-state index is 0.127. The van der Waals surface area contributed by atoms with Gasteiger partial charge in [0.25, 0.3) is 0 Å². The van der Waals surface area contributed by atoms with Crippen LogP contribution in [0.25, 0.3) is 0 Å². The van der Waals surface area contributed by atoms with Gasteiger partial charge in [-0.3, -0.25) is 9.59 Å². The Morgan fingerprint density at radius 3 is 2.03 bits per heavy atom. The first-order valence-corrected chi connectivity index (χ1v) is 14.3. The van der Waals surface area contributed by atoms with Gasteiger partial charge in [0.05, 0.1) is 12.2 Å². The summed E-state index contributed by atoms with van der Waals surface area (Å²) >= 11 is 6.07. The van der Waals surface area contributed by atoms with E-state index in [1.807, 2.05) is 0 Å². The van der Waals surface area contributed by atoms with Crippen molar-refractivity contribution in [1.29, 1.82) is 0 Å². The van der Waals surface area contributed by atoms with Gasteiger partial charge in [0.2, 0.25) is 5.91 Å². The number of nitrogens with one attached hydrogen (secondary N) is 1. The molecule has 0 aromatic heterocycles. The summed E-state index contributed by atoms with van der Waals surface area (Å²) in [6, 6.07) is 14.2. The number of esters is 2. The number of anilines is 1. The summed E-state index contributed by atoms with van der Waals surface area (Å²) in [4.78, 5) is 49.7. The van der Waals surface area contributed by atoms with Crippen molar-refractivity contribution in [3.8, 4) is 0 Å². The molecule has 0 fully saturated rings. The maximum Gasteiger partial charge on any atom is 0.347 e. The van der Waals surface area contributed by atoms with Crippen LogP contribution in [-0.4, -0.2) is 41.7 Å². The standard InChI is InChI=1S/C31H40ClNO6/c1-3-4-5-6-7-8-9-10-11-15-21-38-30(36)23(2)39-31(37)25-19-16-20-26(22-25)33-29(35)27(32)28(34)24-17-13-12-14-18-24/h12-14,16-20,22-23,27H,3-11,15,21H2,1-2H3,(H,33,35). The van der Waals surface area contributed by atoms with Crippen LogP contribution in [0.15, 0.2) is 54.6 Å². The average molecular weight is 558 g/mol. The zero-order valence-electron chi connectivity index (χ0n) is 23.0. The van der Waals surface area contributed by atoms with Gasteiger partial charge in [-0.2, -0.15) is 0 Å². The largest absolute Gasteiger partial charge is 0.463 e. The van der Waals surface area contributed by atoms with E-state index in [9.17, 15) is 19.2 Å². The van der Waals surface area contributed by atoms with Crippen LogP contribution in [0.3, 0.4) is 0 Å². The Labute approximate surface area is 236 Å². The highest BCUT2D eigenvalue weighted by Crippen LogP contribution is 2.16. The van der Waals surface area contributed by atoms with Gasteiger partial charge in [0.1, 0.15) is 0 Å². The van der Waals surface area contributed by atoms with Crippen LogP contribution in [-0.2, 0) is 19.1 Å². The second-order valence-electron chi connectivity index (χ2n) is 9.56. The fourth-order valence-electron chi connectivity index (χ4n) is 3.95. The van der Waals surface area contributed by atoms with Gasteiger partial charge < -0.3 is 14.8 Å². The smallest absolute Gasteiger partial charge is 0.347 e. The Morgan fingerprint density at radius 1 is 0.795 bits per heavy atom. The number of unbranched alkanes of at least 4 members (excludes halogenated alkanes) is 9. The first kappa shape index (κ1) is 32.0. The minimum atomic E-state index is -1.44. The number of rotatable bonds is 18. The molecule has 0 saturated carbocycles. The lowest BCUT2D eigenvalue weighted by Crippen LogP contribution is -2.30. The third kappa shape index (κ3) is 12.0. The van der Waals surface area contributed by atoms with E-state index >= 15 is 0 Å². The fourth-order valence-corrected chi connectivity index (χ4v) is 4.13. The van der Waals surface area contributed by atoms with Crippen molar-refractivity contribution in [2.45, 2.75) is 89.5 Å². The molecule has 0 aliphatic rings. The molecule has 0 saturated heterocycles. The van der Waals surface area contributed by atoms with Gasteiger partial charge in [-0.25, -0.2) is 9.59 Å². The molecule has 8 heteroatoms. The highest BCUT2D eigenvalue weighted by molar-refractivity contribution is 6.45. The molecule has 2 unspecified atom stereocenters. The molecule has 0 aliphatic carbocycles. The summed E-state index contributed by atoms with van der Waals surface area (Å²) in [5.41, 5.74) is 0.707. The third-order valence-electron chi connectivity index (χ3n) is 6.24. The number of alkyl halides is 1. The summed E-state index contributed by atoms with van der Waals surface area (Å²) in [5, 5.41) is 1.10. The molecule has 1 N–H and O–H groups in total. The van der Waals surface area contributed by atoms with E-state index in [0.29, 0.717) is 12.2 Å². The number of ether oxygens (including phenoxy) is 2. The maximum absolute atomic E-state index is 12.6. The topological polar surface area (TPSA) is 98.8 Å². The molecule has 212 valence electrons. The molecule has 0 radical (unpaired) electrons. The molecule has 39 heavy (non-hydrogen) atoms. The number of benzene rings is 2. The molecule has 7 nitrogen and oxygen atoms in total. The lowest BCUT2D eigenvalue weighted by Gasteiger charge is -2.14. The zero-order valence-corrected chi connectivity index (χ0v) is 23.7. The molecule has 2 atom stereocenters. The summed E-state index contributed by atoms with van der Waals surface area (Å²) in [6.07, 6.45) is 10.8. The molecular formula is C31H40ClNO6. The van der Waals surface area contributed by atoms with Crippen LogP contribution in [0, 0.1) is 0 Å². The quantitative estimate of drug-likeness (QED) is 0.0688. The summed E-state index contributed by atoms with van der Waals surface area (Å²) in [6.45, 7) is 3.97. The molecule has 0 heterocycles. The lowest BCUT2D eigenvalue weighted by atomic mass is 10.1. The summed E-state index contributed by atoms with van der Waals surface area (Å²) in [7, 11) is 0. The summed E-state index contributed by atoms with van der Waals surface area (Å²) in [5.74, 6) is -2.60. The molecule has 2 aromatic carbocycles. The van der Waals surface area contributed by atoms with Crippen molar-refractivity contribution in [1.82, 2.24) is 0 Å². The van der Waals surface area contributed by atoms with Gasteiger partial charge >= 0.3 is 11.9 Å². The average Bonchev–Trinajstić information content (AvgIpc) is 2.95. The minimum Gasteiger partial charge on any atom is -0.463 e. The Hall–Kier alpha value is -3.19. The monoisotopic (exact) mass is 557 g/mol. The number of hydrogen-bond acceptors (Lipinski definition) is 6. The van der Waals surface area contributed by atoms with Crippen LogP contribution in [0.5, 0.6) is 0 Å². The third-order valence-corrected chi connectivity index (χ3v) is 6.64. The second kappa shape index (κ2) is 18.2. The normalized spacial score (nSPS) is 12.3. The first-order valence-electron chi connectivity index (χ1n) is 13.8. The van der Waals surface area contributed by atoms with E-state index in [0.717, 1.165) is 19.3 Å². The van der Waals surface area contributed by atoms with Gasteiger partial charge in [-0.15, -0.1) is 11.6 Å². The van der Waals surface area contributed by atoms with Gasteiger partial charge in [0.15, 0.2) is 17.3 Å². The Balaban J connectivity index is 1.71. The predicted molar refractivity (Wildman–Crippen MR) is 153 cm³/mol. The molecule has 0 aliphatic heterocycles. The van der Waals surface area contributed by atoms with E-state index in [1.165, 1.54) is 64.0 Å². The van der Waals surface area contributed by atoms with Gasteiger partial charge in [-0.05, 0) is 31.5 Å². The zero-order chi connectivity index (χ0) is 28.5. The van der Waals surface area contributed by atoms with Crippen molar-refractivity contribution in [2.75, 3.05) is 11.9 Å².